The van der Waals surface area contributed by atoms with Crippen molar-refractivity contribution in [2.75, 3.05) is 24.6 Å². The average Bonchev–Trinajstić information content (AvgIpc) is 3.09. The standard InChI is InChI=1S/C18H30N4O3S/c1-12(2)7-14-8-15(20-19-14)9-21-5-6-22(18(23)13(3)4)17-11-26(24,25)10-16(17)21/h8,12-13,16-17H,5-7,9-11H2,1-4H3,(H,19,20). The van der Waals surface area contributed by atoms with Crippen LogP contribution in [0.25, 0.3) is 0 Å². The molecule has 1 N–H and O–H groups in total. The van der Waals surface area contributed by atoms with Crippen molar-refractivity contribution < 1.29 is 13.2 Å². The van der Waals surface area contributed by atoms with Gasteiger partial charge in [0.25, 0.3) is 0 Å². The van der Waals surface area contributed by atoms with Crippen molar-refractivity contribution in [3.63, 3.8) is 0 Å². The quantitative estimate of drug-likeness (QED) is 0.823. The highest BCUT2D eigenvalue weighted by molar-refractivity contribution is 7.91. The maximum absolute atomic E-state index is 12.5. The van der Waals surface area contributed by atoms with E-state index < -0.39 is 9.84 Å². The zero-order valence-corrected chi connectivity index (χ0v) is 16.9. The van der Waals surface area contributed by atoms with Gasteiger partial charge in [0.05, 0.1) is 23.2 Å². The number of aromatic amines is 1. The van der Waals surface area contributed by atoms with Gasteiger partial charge in [-0.1, -0.05) is 27.7 Å². The molecule has 0 spiro atoms. The van der Waals surface area contributed by atoms with E-state index in [9.17, 15) is 13.2 Å². The number of nitrogens with zero attached hydrogens (tertiary/aromatic N) is 3. The SMILES string of the molecule is CC(C)Cc1cc(CN2CCN(C(=O)C(C)C)C3CS(=O)(=O)CC32)[nH]n1. The van der Waals surface area contributed by atoms with Crippen molar-refractivity contribution in [3.8, 4) is 0 Å². The summed E-state index contributed by atoms with van der Waals surface area (Å²) in [5.74, 6) is 0.691. The van der Waals surface area contributed by atoms with Crippen LogP contribution < -0.4 is 0 Å². The number of piperazine rings is 1. The molecule has 1 aromatic heterocycles. The zero-order chi connectivity index (χ0) is 19.1. The minimum atomic E-state index is -3.12. The molecule has 2 atom stereocenters. The van der Waals surface area contributed by atoms with E-state index in [1.54, 1.807) is 4.90 Å². The van der Waals surface area contributed by atoms with Crippen molar-refractivity contribution in [1.29, 1.82) is 0 Å². The summed E-state index contributed by atoms with van der Waals surface area (Å²) in [4.78, 5) is 16.5. The maximum Gasteiger partial charge on any atom is 0.225 e. The van der Waals surface area contributed by atoms with E-state index in [0.717, 1.165) is 17.8 Å². The second-order valence-electron chi connectivity index (χ2n) is 8.35. The van der Waals surface area contributed by atoms with Gasteiger partial charge < -0.3 is 4.90 Å². The van der Waals surface area contributed by atoms with E-state index >= 15 is 0 Å². The number of hydrogen-bond acceptors (Lipinski definition) is 5. The minimum Gasteiger partial charge on any atom is -0.336 e. The third kappa shape index (κ3) is 4.11. The molecule has 8 heteroatoms. The Bertz CT molecular complexity index is 756. The number of rotatable bonds is 5. The lowest BCUT2D eigenvalue weighted by molar-refractivity contribution is -0.140. The lowest BCUT2D eigenvalue weighted by Crippen LogP contribution is -2.60. The number of amides is 1. The number of sulfone groups is 1. The van der Waals surface area contributed by atoms with E-state index in [0.29, 0.717) is 25.6 Å². The van der Waals surface area contributed by atoms with Gasteiger partial charge in [-0.2, -0.15) is 5.10 Å². The first kappa shape index (κ1) is 19.4. The lowest BCUT2D eigenvalue weighted by Gasteiger charge is -2.44. The summed E-state index contributed by atoms with van der Waals surface area (Å²) in [5, 5.41) is 7.46. The third-order valence-electron chi connectivity index (χ3n) is 5.24. The van der Waals surface area contributed by atoms with Crippen LogP contribution in [0.3, 0.4) is 0 Å². The van der Waals surface area contributed by atoms with Crippen LogP contribution in [-0.4, -0.2) is 71.0 Å². The Morgan fingerprint density at radius 2 is 1.92 bits per heavy atom. The Labute approximate surface area is 156 Å². The normalized spacial score (nSPS) is 25.8. The molecule has 0 aromatic carbocycles. The van der Waals surface area contributed by atoms with Gasteiger partial charge in [0.2, 0.25) is 5.91 Å². The van der Waals surface area contributed by atoms with Crippen molar-refractivity contribution >= 4 is 15.7 Å². The van der Waals surface area contributed by atoms with E-state index in [1.165, 1.54) is 0 Å². The largest absolute Gasteiger partial charge is 0.336 e. The Hall–Kier alpha value is -1.41. The highest BCUT2D eigenvalue weighted by Gasteiger charge is 2.48. The predicted molar refractivity (Wildman–Crippen MR) is 100 cm³/mol. The average molecular weight is 383 g/mol. The van der Waals surface area contributed by atoms with Crippen LogP contribution in [0.5, 0.6) is 0 Å². The van der Waals surface area contributed by atoms with E-state index in [-0.39, 0.29) is 35.4 Å². The van der Waals surface area contributed by atoms with Gasteiger partial charge in [-0.05, 0) is 18.4 Å². The van der Waals surface area contributed by atoms with Crippen LogP contribution >= 0.6 is 0 Å². The molecule has 1 amide bonds. The second kappa shape index (κ2) is 7.31. The van der Waals surface area contributed by atoms with Gasteiger partial charge in [0, 0.05) is 37.3 Å². The summed E-state index contributed by atoms with van der Waals surface area (Å²) in [6.07, 6.45) is 0.924. The molecule has 2 fully saturated rings. The summed E-state index contributed by atoms with van der Waals surface area (Å²) < 4.78 is 24.5. The van der Waals surface area contributed by atoms with E-state index in [1.807, 2.05) is 13.8 Å². The van der Waals surface area contributed by atoms with Crippen molar-refractivity contribution in [2.24, 2.45) is 11.8 Å². The fraction of sp³-hybridized carbons (Fsp3) is 0.778. The van der Waals surface area contributed by atoms with E-state index in [4.69, 9.17) is 0 Å². The van der Waals surface area contributed by atoms with Gasteiger partial charge in [-0.3, -0.25) is 14.8 Å². The number of hydrogen-bond donors (Lipinski definition) is 1. The Morgan fingerprint density at radius 3 is 2.58 bits per heavy atom. The van der Waals surface area contributed by atoms with Crippen LogP contribution in [0.2, 0.25) is 0 Å². The highest BCUT2D eigenvalue weighted by atomic mass is 32.2. The van der Waals surface area contributed by atoms with Crippen LogP contribution in [0.15, 0.2) is 6.07 Å². The Morgan fingerprint density at radius 1 is 1.23 bits per heavy atom. The van der Waals surface area contributed by atoms with Gasteiger partial charge in [0.15, 0.2) is 9.84 Å². The van der Waals surface area contributed by atoms with Crippen LogP contribution in [0.1, 0.15) is 39.1 Å². The Balaban J connectivity index is 1.75. The molecule has 26 heavy (non-hydrogen) atoms. The zero-order valence-electron chi connectivity index (χ0n) is 16.1. The molecule has 3 rings (SSSR count). The maximum atomic E-state index is 12.5. The van der Waals surface area contributed by atoms with Gasteiger partial charge in [-0.25, -0.2) is 8.42 Å². The van der Waals surface area contributed by atoms with Crippen LogP contribution in [0, 0.1) is 11.8 Å². The second-order valence-corrected chi connectivity index (χ2v) is 10.5. The number of H-pyrrole nitrogens is 1. The van der Waals surface area contributed by atoms with Crippen molar-refractivity contribution in [2.45, 2.75) is 52.7 Å². The molecule has 0 radical (unpaired) electrons. The molecule has 3 heterocycles. The molecule has 2 aliphatic heterocycles. The summed E-state index contributed by atoms with van der Waals surface area (Å²) in [5.41, 5.74) is 2.05. The van der Waals surface area contributed by atoms with Gasteiger partial charge in [0.1, 0.15) is 0 Å². The molecule has 7 nitrogen and oxygen atoms in total. The smallest absolute Gasteiger partial charge is 0.225 e. The number of fused-ring (bicyclic) bond motifs is 1. The molecule has 0 saturated carbocycles. The van der Waals surface area contributed by atoms with Gasteiger partial charge >= 0.3 is 0 Å². The molecular formula is C18H30N4O3S. The number of aromatic nitrogens is 2. The van der Waals surface area contributed by atoms with Crippen molar-refractivity contribution in [3.05, 3.63) is 17.5 Å². The molecule has 1 aromatic rings. The molecule has 2 unspecified atom stereocenters. The summed E-state index contributed by atoms with van der Waals surface area (Å²) in [6, 6.07) is 1.71. The predicted octanol–water partition coefficient (Wildman–Crippen LogP) is 1.07. The monoisotopic (exact) mass is 382 g/mol. The fourth-order valence-electron chi connectivity index (χ4n) is 4.06. The topological polar surface area (TPSA) is 86.4 Å². The number of nitrogens with one attached hydrogen (secondary N) is 1. The highest BCUT2D eigenvalue weighted by Crippen LogP contribution is 2.29. The molecule has 2 saturated heterocycles. The molecular weight excluding hydrogens is 352 g/mol. The molecule has 0 aliphatic carbocycles. The number of carbonyl (C=O) groups is 1. The number of carbonyl (C=O) groups excluding carboxylic acids is 1. The molecule has 0 bridgehead atoms. The summed E-state index contributed by atoms with van der Waals surface area (Å²) in [6.45, 7) is 9.97. The first-order chi connectivity index (χ1) is 12.2. The van der Waals surface area contributed by atoms with E-state index in [2.05, 4.69) is 35.0 Å². The van der Waals surface area contributed by atoms with Crippen LogP contribution in [-0.2, 0) is 27.6 Å². The summed E-state index contributed by atoms with van der Waals surface area (Å²) in [7, 11) is -3.12. The fourth-order valence-corrected chi connectivity index (χ4v) is 6.07. The third-order valence-corrected chi connectivity index (χ3v) is 6.94. The lowest BCUT2D eigenvalue weighted by atomic mass is 10.0. The van der Waals surface area contributed by atoms with Gasteiger partial charge in [-0.15, -0.1) is 0 Å². The summed E-state index contributed by atoms with van der Waals surface area (Å²) >= 11 is 0. The molecule has 2 aliphatic rings. The first-order valence-electron chi connectivity index (χ1n) is 9.44. The van der Waals surface area contributed by atoms with Crippen LogP contribution in [0.4, 0.5) is 0 Å². The van der Waals surface area contributed by atoms with Crippen molar-refractivity contribution in [1.82, 2.24) is 20.0 Å². The Kier molecular flexibility index (Phi) is 5.44. The minimum absolute atomic E-state index is 0.0532. The molecule has 146 valence electrons. The first-order valence-corrected chi connectivity index (χ1v) is 11.3.